The molecule has 0 fully saturated rings. The van der Waals surface area contributed by atoms with Crippen molar-refractivity contribution in [2.75, 3.05) is 7.11 Å². The van der Waals surface area contributed by atoms with Gasteiger partial charge in [0.1, 0.15) is 0 Å². The smallest absolute Gasteiger partial charge is 0.343 e. The largest absolute Gasteiger partial charge is 0.493 e. The van der Waals surface area contributed by atoms with Gasteiger partial charge >= 0.3 is 5.97 Å². The van der Waals surface area contributed by atoms with Crippen molar-refractivity contribution >= 4 is 23.8 Å². The summed E-state index contributed by atoms with van der Waals surface area (Å²) in [5.41, 5.74) is 1.13. The number of carbonyl (C=O) groups is 1. The van der Waals surface area contributed by atoms with Crippen LogP contribution in [-0.2, 0) is 0 Å². The lowest BCUT2D eigenvalue weighted by atomic mass is 10.2. The summed E-state index contributed by atoms with van der Waals surface area (Å²) in [5, 5.41) is 3.98. The Morgan fingerprint density at radius 2 is 1.90 bits per heavy atom. The minimum atomic E-state index is -0.495. The summed E-state index contributed by atoms with van der Waals surface area (Å²) in [7, 11) is 1.48. The molecule has 0 atom stereocenters. The van der Waals surface area contributed by atoms with E-state index in [1.54, 1.807) is 42.5 Å². The van der Waals surface area contributed by atoms with Crippen molar-refractivity contribution in [1.82, 2.24) is 0 Å². The minimum Gasteiger partial charge on any atom is -0.493 e. The van der Waals surface area contributed by atoms with Gasteiger partial charge in [0.15, 0.2) is 11.5 Å². The number of methoxy groups -OCH3 is 1. The lowest BCUT2D eigenvalue weighted by molar-refractivity contribution is 0.0729. The van der Waals surface area contributed by atoms with Gasteiger partial charge in [-0.3, -0.25) is 0 Å². The SMILES string of the molecule is COc1cc(C=NN)ccc1OC(=O)c1ccc(Cl)cc1. The molecular formula is C15H13ClN2O3. The summed E-state index contributed by atoms with van der Waals surface area (Å²) < 4.78 is 10.5. The van der Waals surface area contributed by atoms with Crippen LogP contribution < -0.4 is 15.3 Å². The van der Waals surface area contributed by atoms with Crippen LogP contribution >= 0.6 is 11.6 Å². The summed E-state index contributed by atoms with van der Waals surface area (Å²) in [4.78, 5) is 12.0. The second-order valence-electron chi connectivity index (χ2n) is 4.08. The third kappa shape index (κ3) is 3.73. The zero-order valence-electron chi connectivity index (χ0n) is 11.2. The van der Waals surface area contributed by atoms with Crippen LogP contribution in [0.1, 0.15) is 15.9 Å². The third-order valence-electron chi connectivity index (χ3n) is 2.69. The highest BCUT2D eigenvalue weighted by molar-refractivity contribution is 6.30. The fourth-order valence-corrected chi connectivity index (χ4v) is 1.81. The predicted molar refractivity (Wildman–Crippen MR) is 81.2 cm³/mol. The van der Waals surface area contributed by atoms with E-state index >= 15 is 0 Å². The second kappa shape index (κ2) is 6.76. The van der Waals surface area contributed by atoms with Gasteiger partial charge in [0.25, 0.3) is 0 Å². The van der Waals surface area contributed by atoms with E-state index in [4.69, 9.17) is 26.9 Å². The van der Waals surface area contributed by atoms with E-state index in [-0.39, 0.29) is 0 Å². The van der Waals surface area contributed by atoms with Gasteiger partial charge in [-0.05, 0) is 48.0 Å². The first-order chi connectivity index (χ1) is 10.1. The summed E-state index contributed by atoms with van der Waals surface area (Å²) in [6, 6.07) is 11.4. The van der Waals surface area contributed by atoms with E-state index in [2.05, 4.69) is 5.10 Å². The number of benzene rings is 2. The molecule has 2 aromatic rings. The van der Waals surface area contributed by atoms with Gasteiger partial charge < -0.3 is 15.3 Å². The predicted octanol–water partition coefficient (Wildman–Crippen LogP) is 2.86. The Morgan fingerprint density at radius 1 is 1.19 bits per heavy atom. The number of esters is 1. The van der Waals surface area contributed by atoms with E-state index in [0.29, 0.717) is 22.1 Å². The molecule has 0 bridgehead atoms. The Hall–Kier alpha value is -2.53. The maximum absolute atomic E-state index is 12.0. The molecule has 0 radical (unpaired) electrons. The third-order valence-corrected chi connectivity index (χ3v) is 2.95. The van der Waals surface area contributed by atoms with Crippen molar-refractivity contribution in [2.24, 2.45) is 10.9 Å². The first-order valence-electron chi connectivity index (χ1n) is 6.03. The summed E-state index contributed by atoms with van der Waals surface area (Å²) in [6.07, 6.45) is 1.47. The van der Waals surface area contributed by atoms with Crippen molar-refractivity contribution in [3.8, 4) is 11.5 Å². The molecule has 0 spiro atoms. The Morgan fingerprint density at radius 3 is 2.52 bits per heavy atom. The minimum absolute atomic E-state index is 0.312. The van der Waals surface area contributed by atoms with Crippen molar-refractivity contribution in [3.05, 3.63) is 58.6 Å². The number of nitrogens with zero attached hydrogens (tertiary/aromatic N) is 1. The standard InChI is InChI=1S/C15H13ClN2O3/c1-20-14-8-10(9-18-17)2-7-13(14)21-15(19)11-3-5-12(16)6-4-11/h2-9H,17H2,1H3. The number of ether oxygens (including phenoxy) is 2. The highest BCUT2D eigenvalue weighted by Crippen LogP contribution is 2.28. The highest BCUT2D eigenvalue weighted by atomic mass is 35.5. The van der Waals surface area contributed by atoms with Gasteiger partial charge in [-0.2, -0.15) is 5.10 Å². The highest BCUT2D eigenvalue weighted by Gasteiger charge is 2.12. The molecule has 5 nitrogen and oxygen atoms in total. The van der Waals surface area contributed by atoms with Gasteiger partial charge in [-0.15, -0.1) is 0 Å². The summed E-state index contributed by atoms with van der Waals surface area (Å²) in [5.74, 6) is 5.32. The van der Waals surface area contributed by atoms with Crippen molar-refractivity contribution in [2.45, 2.75) is 0 Å². The zero-order chi connectivity index (χ0) is 15.2. The Balaban J connectivity index is 2.22. The fourth-order valence-electron chi connectivity index (χ4n) is 1.68. The van der Waals surface area contributed by atoms with Crippen molar-refractivity contribution < 1.29 is 14.3 Å². The molecule has 2 rings (SSSR count). The molecule has 0 aliphatic carbocycles. The number of hydrogen-bond donors (Lipinski definition) is 1. The summed E-state index contributed by atoms with van der Waals surface area (Å²) >= 11 is 5.78. The summed E-state index contributed by atoms with van der Waals surface area (Å²) in [6.45, 7) is 0. The molecule has 2 N–H and O–H groups in total. The molecule has 0 saturated heterocycles. The van der Waals surface area contributed by atoms with Crippen LogP contribution in [0.4, 0.5) is 0 Å². The van der Waals surface area contributed by atoms with Crippen LogP contribution in [0.2, 0.25) is 5.02 Å². The van der Waals surface area contributed by atoms with Gasteiger partial charge in [0.05, 0.1) is 18.9 Å². The Kier molecular flexibility index (Phi) is 4.79. The zero-order valence-corrected chi connectivity index (χ0v) is 12.0. The quantitative estimate of drug-likeness (QED) is 0.310. The van der Waals surface area contributed by atoms with Crippen LogP contribution in [0.5, 0.6) is 11.5 Å². The monoisotopic (exact) mass is 304 g/mol. The number of nitrogens with two attached hydrogens (primary N) is 1. The van der Waals surface area contributed by atoms with Gasteiger partial charge in [0, 0.05) is 5.02 Å². The second-order valence-corrected chi connectivity index (χ2v) is 4.52. The number of halogens is 1. The maximum atomic E-state index is 12.0. The molecule has 108 valence electrons. The van der Waals surface area contributed by atoms with E-state index in [1.807, 2.05) is 0 Å². The Labute approximate surface area is 126 Å². The lowest BCUT2D eigenvalue weighted by Crippen LogP contribution is -2.09. The van der Waals surface area contributed by atoms with E-state index in [9.17, 15) is 4.79 Å². The first-order valence-corrected chi connectivity index (χ1v) is 6.41. The molecule has 0 unspecified atom stereocenters. The molecule has 0 aliphatic heterocycles. The molecule has 2 aromatic carbocycles. The van der Waals surface area contributed by atoms with Gasteiger partial charge in [0.2, 0.25) is 0 Å². The topological polar surface area (TPSA) is 73.9 Å². The number of rotatable bonds is 4. The van der Waals surface area contributed by atoms with Crippen molar-refractivity contribution in [1.29, 1.82) is 0 Å². The normalized spacial score (nSPS) is 10.6. The molecule has 21 heavy (non-hydrogen) atoms. The molecule has 0 aliphatic rings. The molecule has 0 heterocycles. The maximum Gasteiger partial charge on any atom is 0.343 e. The number of hydrazone groups is 1. The van der Waals surface area contributed by atoms with E-state index in [0.717, 1.165) is 5.56 Å². The lowest BCUT2D eigenvalue weighted by Gasteiger charge is -2.09. The van der Waals surface area contributed by atoms with E-state index < -0.39 is 5.97 Å². The van der Waals surface area contributed by atoms with Crippen LogP contribution in [-0.4, -0.2) is 19.3 Å². The van der Waals surface area contributed by atoms with Gasteiger partial charge in [-0.25, -0.2) is 4.79 Å². The Bertz CT molecular complexity index is 669. The van der Waals surface area contributed by atoms with E-state index in [1.165, 1.54) is 13.3 Å². The molecule has 0 amide bonds. The first kappa shape index (κ1) is 14.9. The molecule has 0 saturated carbocycles. The van der Waals surface area contributed by atoms with Crippen LogP contribution in [0.15, 0.2) is 47.6 Å². The van der Waals surface area contributed by atoms with Crippen LogP contribution in [0.25, 0.3) is 0 Å². The van der Waals surface area contributed by atoms with Crippen LogP contribution in [0, 0.1) is 0 Å². The molecular weight excluding hydrogens is 292 g/mol. The number of carbonyl (C=O) groups excluding carboxylic acids is 1. The van der Waals surface area contributed by atoms with Crippen molar-refractivity contribution in [3.63, 3.8) is 0 Å². The molecule has 6 heteroatoms. The molecule has 0 aromatic heterocycles. The fraction of sp³-hybridized carbons (Fsp3) is 0.0667. The number of hydrogen-bond acceptors (Lipinski definition) is 5. The average molecular weight is 305 g/mol. The van der Waals surface area contributed by atoms with Crippen LogP contribution in [0.3, 0.4) is 0 Å². The average Bonchev–Trinajstić information content (AvgIpc) is 2.49. The van der Waals surface area contributed by atoms with Gasteiger partial charge in [-0.1, -0.05) is 11.6 Å².